The minimum Gasteiger partial charge on any atom is -0.444 e. The number of hydrogen-bond donors (Lipinski definition) is 4. The Kier molecular flexibility index (Phi) is 9.62. The van der Waals surface area contributed by atoms with Crippen molar-refractivity contribution in [2.75, 3.05) is 10.6 Å². The molecule has 1 aromatic heterocycles. The predicted molar refractivity (Wildman–Crippen MR) is 157 cm³/mol. The van der Waals surface area contributed by atoms with E-state index >= 15 is 0 Å². The third-order valence-electron chi connectivity index (χ3n) is 6.48. The lowest BCUT2D eigenvalue weighted by atomic mass is 9.94. The second kappa shape index (κ2) is 12.6. The number of aromatic nitrogens is 1. The molecule has 0 saturated carbocycles. The number of fused-ring (bicyclic) bond motifs is 1. The standard InChI is InChI=1S/C30H42N6O5/c1-18(2)15-22(34-27(39)30(6,7)35-28(40)41-29(3,4)5)25(37)33-23-16-19-11-10-13-21(31)24(19)36(26(23)38)17-20-12-8-9-14-32-20/h8-14,18,22-23H,15-17,31H2,1-7H3,(H,33,37)(H,34,39)(H,35,40)/t22-,23?/m1/s1. The summed E-state index contributed by atoms with van der Waals surface area (Å²) < 4.78 is 5.28. The molecule has 1 aliphatic heterocycles. The molecule has 2 heterocycles. The fourth-order valence-electron chi connectivity index (χ4n) is 4.56. The van der Waals surface area contributed by atoms with Crippen LogP contribution in [0, 0.1) is 5.92 Å². The summed E-state index contributed by atoms with van der Waals surface area (Å²) in [6, 6.07) is 9.04. The smallest absolute Gasteiger partial charge is 0.408 e. The third-order valence-corrected chi connectivity index (χ3v) is 6.48. The first-order valence-corrected chi connectivity index (χ1v) is 13.8. The van der Waals surface area contributed by atoms with E-state index in [1.807, 2.05) is 38.1 Å². The molecule has 0 saturated heterocycles. The van der Waals surface area contributed by atoms with Crippen molar-refractivity contribution in [3.63, 3.8) is 0 Å². The highest BCUT2D eigenvalue weighted by Gasteiger charge is 2.38. The van der Waals surface area contributed by atoms with Crippen LogP contribution in [0.4, 0.5) is 16.2 Å². The zero-order valence-corrected chi connectivity index (χ0v) is 24.9. The maximum Gasteiger partial charge on any atom is 0.408 e. The lowest BCUT2D eigenvalue weighted by Gasteiger charge is -2.36. The van der Waals surface area contributed by atoms with Crippen LogP contribution in [-0.2, 0) is 32.1 Å². The molecule has 0 aliphatic carbocycles. The monoisotopic (exact) mass is 566 g/mol. The van der Waals surface area contributed by atoms with Gasteiger partial charge in [0.05, 0.1) is 23.6 Å². The van der Waals surface area contributed by atoms with Crippen molar-refractivity contribution in [1.82, 2.24) is 20.9 Å². The zero-order valence-electron chi connectivity index (χ0n) is 24.9. The largest absolute Gasteiger partial charge is 0.444 e. The van der Waals surface area contributed by atoms with E-state index in [-0.39, 0.29) is 24.8 Å². The van der Waals surface area contributed by atoms with E-state index < -0.39 is 41.1 Å². The van der Waals surface area contributed by atoms with Gasteiger partial charge in [-0.15, -0.1) is 0 Å². The van der Waals surface area contributed by atoms with Gasteiger partial charge in [-0.1, -0.05) is 32.0 Å². The van der Waals surface area contributed by atoms with Crippen LogP contribution >= 0.6 is 0 Å². The van der Waals surface area contributed by atoms with Gasteiger partial charge in [0.2, 0.25) is 17.7 Å². The van der Waals surface area contributed by atoms with Crippen LogP contribution in [0.3, 0.4) is 0 Å². The number of anilines is 2. The summed E-state index contributed by atoms with van der Waals surface area (Å²) in [6.45, 7) is 12.3. The second-order valence-corrected chi connectivity index (χ2v) is 12.3. The highest BCUT2D eigenvalue weighted by atomic mass is 16.6. The summed E-state index contributed by atoms with van der Waals surface area (Å²) in [5.74, 6) is -1.33. The molecule has 0 spiro atoms. The summed E-state index contributed by atoms with van der Waals surface area (Å²) in [5.41, 5.74) is 6.72. The van der Waals surface area contributed by atoms with Crippen LogP contribution in [0.15, 0.2) is 42.6 Å². The number of nitrogens with two attached hydrogens (primary N) is 1. The summed E-state index contributed by atoms with van der Waals surface area (Å²) in [5, 5.41) is 8.19. The van der Waals surface area contributed by atoms with E-state index in [0.717, 1.165) is 5.56 Å². The summed E-state index contributed by atoms with van der Waals surface area (Å²) in [6.07, 6.45) is 1.47. The Bertz CT molecular complexity index is 1270. The molecule has 2 aromatic rings. The SMILES string of the molecule is CC(C)C[C@@H](NC(=O)C(C)(C)NC(=O)OC(C)(C)C)C(=O)NC1Cc2cccc(N)c2N(Cc2ccccn2)C1=O. The summed E-state index contributed by atoms with van der Waals surface area (Å²) in [7, 11) is 0. The van der Waals surface area contributed by atoms with Crippen LogP contribution in [0.1, 0.15) is 66.1 Å². The van der Waals surface area contributed by atoms with E-state index in [1.165, 1.54) is 13.8 Å². The van der Waals surface area contributed by atoms with Gasteiger partial charge in [-0.2, -0.15) is 0 Å². The maximum absolute atomic E-state index is 13.7. The highest BCUT2D eigenvalue weighted by Crippen LogP contribution is 2.34. The van der Waals surface area contributed by atoms with Crippen molar-refractivity contribution < 1.29 is 23.9 Å². The fraction of sp³-hybridized carbons (Fsp3) is 0.500. The number of carbonyl (C=O) groups excluding carboxylic acids is 4. The van der Waals surface area contributed by atoms with Gasteiger partial charge in [-0.05, 0) is 70.7 Å². The van der Waals surface area contributed by atoms with Gasteiger partial charge in [-0.25, -0.2) is 4.79 Å². The summed E-state index contributed by atoms with van der Waals surface area (Å²) in [4.78, 5) is 58.7. The minimum atomic E-state index is -1.37. The Morgan fingerprint density at radius 1 is 1.10 bits per heavy atom. The molecule has 222 valence electrons. The quantitative estimate of drug-likeness (QED) is 0.340. The number of nitrogen functional groups attached to an aromatic ring is 1. The van der Waals surface area contributed by atoms with Crippen molar-refractivity contribution in [2.45, 2.75) is 91.1 Å². The molecule has 1 aliphatic rings. The number of benzene rings is 1. The molecular formula is C30H42N6O5. The minimum absolute atomic E-state index is 0.0520. The molecule has 1 unspecified atom stereocenters. The van der Waals surface area contributed by atoms with E-state index in [4.69, 9.17) is 10.5 Å². The van der Waals surface area contributed by atoms with Gasteiger partial charge in [-0.3, -0.25) is 19.4 Å². The Balaban J connectivity index is 1.79. The van der Waals surface area contributed by atoms with Crippen LogP contribution in [-0.4, -0.2) is 52.0 Å². The van der Waals surface area contributed by atoms with E-state index in [9.17, 15) is 19.2 Å². The topological polar surface area (TPSA) is 156 Å². The van der Waals surface area contributed by atoms with Crippen molar-refractivity contribution in [1.29, 1.82) is 0 Å². The predicted octanol–water partition coefficient (Wildman–Crippen LogP) is 3.07. The van der Waals surface area contributed by atoms with Gasteiger partial charge in [0.25, 0.3) is 0 Å². The Morgan fingerprint density at radius 3 is 2.41 bits per heavy atom. The first kappa shape index (κ1) is 31.4. The van der Waals surface area contributed by atoms with E-state index in [2.05, 4.69) is 20.9 Å². The van der Waals surface area contributed by atoms with Crippen molar-refractivity contribution in [3.05, 3.63) is 53.9 Å². The number of hydrogen-bond acceptors (Lipinski definition) is 7. The molecule has 11 nitrogen and oxygen atoms in total. The molecule has 2 atom stereocenters. The lowest BCUT2D eigenvalue weighted by molar-refractivity contribution is -0.133. The number of nitrogens with one attached hydrogen (secondary N) is 3. The number of alkyl carbamates (subject to hydrolysis) is 1. The third kappa shape index (κ3) is 8.42. The Labute approximate surface area is 241 Å². The molecule has 4 amide bonds. The molecule has 5 N–H and O–H groups in total. The number of nitrogens with zero attached hydrogens (tertiary/aromatic N) is 2. The zero-order chi connectivity index (χ0) is 30.5. The Morgan fingerprint density at radius 2 is 1.80 bits per heavy atom. The number of ether oxygens (including phenoxy) is 1. The lowest BCUT2D eigenvalue weighted by Crippen LogP contribution is -2.61. The molecule has 0 radical (unpaired) electrons. The molecule has 41 heavy (non-hydrogen) atoms. The highest BCUT2D eigenvalue weighted by molar-refractivity contribution is 6.05. The normalized spacial score (nSPS) is 16.0. The van der Waals surface area contributed by atoms with Crippen molar-refractivity contribution >= 4 is 35.2 Å². The van der Waals surface area contributed by atoms with Crippen molar-refractivity contribution in [3.8, 4) is 0 Å². The number of amides is 4. The average Bonchev–Trinajstić information content (AvgIpc) is 2.84. The molecule has 0 fully saturated rings. The Hall–Kier alpha value is -4.15. The number of carbonyl (C=O) groups is 4. The van der Waals surface area contributed by atoms with Gasteiger partial charge in [0.1, 0.15) is 23.2 Å². The second-order valence-electron chi connectivity index (χ2n) is 12.3. The van der Waals surface area contributed by atoms with E-state index in [0.29, 0.717) is 23.5 Å². The van der Waals surface area contributed by atoms with Crippen LogP contribution in [0.5, 0.6) is 0 Å². The molecule has 11 heteroatoms. The molecule has 0 bridgehead atoms. The van der Waals surface area contributed by atoms with Gasteiger partial charge < -0.3 is 31.3 Å². The van der Waals surface area contributed by atoms with Crippen molar-refractivity contribution in [2.24, 2.45) is 5.92 Å². The van der Waals surface area contributed by atoms with Gasteiger partial charge in [0, 0.05) is 12.6 Å². The fourth-order valence-corrected chi connectivity index (χ4v) is 4.56. The first-order valence-electron chi connectivity index (χ1n) is 13.8. The summed E-state index contributed by atoms with van der Waals surface area (Å²) >= 11 is 0. The van der Waals surface area contributed by atoms with E-state index in [1.54, 1.807) is 44.0 Å². The number of pyridine rings is 1. The number of rotatable bonds is 9. The molecule has 3 rings (SSSR count). The van der Waals surface area contributed by atoms with Crippen LogP contribution in [0.2, 0.25) is 0 Å². The molecule has 1 aromatic carbocycles. The van der Waals surface area contributed by atoms with Crippen LogP contribution in [0.25, 0.3) is 0 Å². The van der Waals surface area contributed by atoms with Gasteiger partial charge in [0.15, 0.2) is 0 Å². The molecular weight excluding hydrogens is 524 g/mol. The maximum atomic E-state index is 13.7. The van der Waals surface area contributed by atoms with Crippen LogP contribution < -0.4 is 26.6 Å². The average molecular weight is 567 g/mol. The first-order chi connectivity index (χ1) is 19.1. The van der Waals surface area contributed by atoms with Gasteiger partial charge >= 0.3 is 6.09 Å². The number of para-hydroxylation sites is 1.